The molecule has 2 fully saturated rings. The lowest BCUT2D eigenvalue weighted by Crippen LogP contribution is -2.39. The molecule has 1 aromatic carbocycles. The van der Waals surface area contributed by atoms with Crippen LogP contribution >= 0.6 is 11.6 Å². The molecule has 0 spiro atoms. The Balaban J connectivity index is 1.98. The van der Waals surface area contributed by atoms with Crippen molar-refractivity contribution in [1.82, 2.24) is 9.62 Å². The average molecular weight is 287 g/mol. The van der Waals surface area contributed by atoms with Crippen LogP contribution in [0.25, 0.3) is 0 Å². The molecular formula is C12H15ClN2O2S. The van der Waals surface area contributed by atoms with E-state index in [0.29, 0.717) is 17.5 Å². The van der Waals surface area contributed by atoms with Gasteiger partial charge < -0.3 is 5.32 Å². The molecule has 0 amide bonds. The van der Waals surface area contributed by atoms with Crippen molar-refractivity contribution in [3.8, 4) is 0 Å². The Labute approximate surface area is 112 Å². The molecule has 0 saturated carbocycles. The molecule has 2 atom stereocenters. The summed E-state index contributed by atoms with van der Waals surface area (Å²) in [4.78, 5) is 0.221. The van der Waals surface area contributed by atoms with Crippen molar-refractivity contribution >= 4 is 21.6 Å². The van der Waals surface area contributed by atoms with Gasteiger partial charge in [0.2, 0.25) is 10.0 Å². The molecule has 0 radical (unpaired) electrons. The fraction of sp³-hybridized carbons (Fsp3) is 0.500. The summed E-state index contributed by atoms with van der Waals surface area (Å²) in [5, 5.41) is 3.55. The fourth-order valence-electron chi connectivity index (χ4n) is 2.89. The van der Waals surface area contributed by atoms with Crippen molar-refractivity contribution in [3.05, 3.63) is 29.3 Å². The largest absolute Gasteiger partial charge is 0.315 e. The predicted molar refractivity (Wildman–Crippen MR) is 70.1 cm³/mol. The zero-order valence-electron chi connectivity index (χ0n) is 9.84. The lowest BCUT2D eigenvalue weighted by molar-refractivity contribution is 0.383. The van der Waals surface area contributed by atoms with E-state index in [1.807, 2.05) is 0 Å². The summed E-state index contributed by atoms with van der Waals surface area (Å²) in [5.74, 6) is 0.447. The summed E-state index contributed by atoms with van der Waals surface area (Å²) in [6.45, 7) is 2.26. The Kier molecular flexibility index (Phi) is 3.10. The van der Waals surface area contributed by atoms with Gasteiger partial charge >= 0.3 is 0 Å². The highest BCUT2D eigenvalue weighted by molar-refractivity contribution is 7.89. The summed E-state index contributed by atoms with van der Waals surface area (Å²) >= 11 is 6.01. The van der Waals surface area contributed by atoms with Gasteiger partial charge in [0.05, 0.1) is 5.02 Å². The topological polar surface area (TPSA) is 49.4 Å². The van der Waals surface area contributed by atoms with Crippen molar-refractivity contribution in [3.63, 3.8) is 0 Å². The van der Waals surface area contributed by atoms with E-state index >= 15 is 0 Å². The average Bonchev–Trinajstić information content (AvgIpc) is 2.90. The van der Waals surface area contributed by atoms with Crippen LogP contribution in [-0.4, -0.2) is 38.4 Å². The van der Waals surface area contributed by atoms with Gasteiger partial charge in [0.15, 0.2) is 0 Å². The maximum Gasteiger partial charge on any atom is 0.244 e. The highest BCUT2D eigenvalue weighted by Gasteiger charge is 2.44. The highest BCUT2D eigenvalue weighted by atomic mass is 35.5. The third kappa shape index (κ3) is 1.86. The minimum absolute atomic E-state index is 0.0891. The summed E-state index contributed by atoms with van der Waals surface area (Å²) in [6, 6.07) is 6.73. The lowest BCUT2D eigenvalue weighted by atomic mass is 10.1. The molecule has 2 aliphatic heterocycles. The van der Waals surface area contributed by atoms with Crippen LogP contribution in [0.3, 0.4) is 0 Å². The Morgan fingerprint density at radius 3 is 2.83 bits per heavy atom. The first kappa shape index (κ1) is 12.4. The van der Waals surface area contributed by atoms with Crippen molar-refractivity contribution in [2.24, 2.45) is 5.92 Å². The molecule has 98 valence electrons. The third-order valence-electron chi connectivity index (χ3n) is 3.82. The van der Waals surface area contributed by atoms with Crippen molar-refractivity contribution in [2.75, 3.05) is 19.6 Å². The van der Waals surface area contributed by atoms with E-state index in [0.717, 1.165) is 19.5 Å². The molecule has 6 heteroatoms. The fourth-order valence-corrected chi connectivity index (χ4v) is 5.08. The number of fused-ring (bicyclic) bond motifs is 1. The van der Waals surface area contributed by atoms with Crippen LogP contribution in [-0.2, 0) is 10.0 Å². The second-order valence-electron chi connectivity index (χ2n) is 4.82. The number of hydrogen-bond donors (Lipinski definition) is 1. The lowest BCUT2D eigenvalue weighted by Gasteiger charge is -2.23. The van der Waals surface area contributed by atoms with Crippen LogP contribution in [0.4, 0.5) is 0 Å². The van der Waals surface area contributed by atoms with Gasteiger partial charge in [-0.1, -0.05) is 23.7 Å². The summed E-state index contributed by atoms with van der Waals surface area (Å²) in [7, 11) is -3.46. The van der Waals surface area contributed by atoms with Gasteiger partial charge in [0.1, 0.15) is 4.90 Å². The van der Waals surface area contributed by atoms with Gasteiger partial charge in [-0.15, -0.1) is 0 Å². The molecule has 3 rings (SSSR count). The van der Waals surface area contributed by atoms with Gasteiger partial charge in [0, 0.05) is 19.1 Å². The van der Waals surface area contributed by atoms with E-state index in [9.17, 15) is 8.42 Å². The smallest absolute Gasteiger partial charge is 0.244 e. The van der Waals surface area contributed by atoms with Crippen LogP contribution < -0.4 is 5.32 Å². The first-order valence-corrected chi connectivity index (χ1v) is 7.89. The Morgan fingerprint density at radius 2 is 2.06 bits per heavy atom. The van der Waals surface area contributed by atoms with Crippen LogP contribution in [0.1, 0.15) is 6.42 Å². The van der Waals surface area contributed by atoms with Crippen LogP contribution in [0.5, 0.6) is 0 Å². The predicted octanol–water partition coefficient (Wildman–Crippen LogP) is 1.32. The van der Waals surface area contributed by atoms with E-state index in [4.69, 9.17) is 11.6 Å². The van der Waals surface area contributed by atoms with E-state index < -0.39 is 10.0 Å². The first-order chi connectivity index (χ1) is 8.60. The molecule has 2 heterocycles. The van der Waals surface area contributed by atoms with Crippen LogP contribution in [0.2, 0.25) is 5.02 Å². The highest BCUT2D eigenvalue weighted by Crippen LogP contribution is 2.34. The van der Waals surface area contributed by atoms with Gasteiger partial charge in [-0.05, 0) is 31.0 Å². The van der Waals surface area contributed by atoms with E-state index in [-0.39, 0.29) is 10.9 Å². The number of halogens is 1. The molecule has 0 unspecified atom stereocenters. The summed E-state index contributed by atoms with van der Waals surface area (Å²) in [5.41, 5.74) is 0. The summed E-state index contributed by atoms with van der Waals surface area (Å²) < 4.78 is 26.8. The van der Waals surface area contributed by atoms with E-state index in [1.165, 1.54) is 0 Å². The Morgan fingerprint density at radius 1 is 1.28 bits per heavy atom. The normalized spacial score (nSPS) is 28.5. The number of nitrogens with zero attached hydrogens (tertiary/aromatic N) is 1. The Bertz CT molecular complexity index is 561. The summed E-state index contributed by atoms with van der Waals surface area (Å²) in [6.07, 6.45) is 0.932. The molecule has 0 bridgehead atoms. The molecule has 0 aliphatic carbocycles. The monoisotopic (exact) mass is 286 g/mol. The standard InChI is InChI=1S/C12H15ClN2O2S/c13-10-3-1-2-4-12(10)18(16,17)15-6-5-9-7-14-8-11(9)15/h1-4,9,11,14H,5-8H2/t9-,11+/m1/s1. The van der Waals surface area contributed by atoms with E-state index in [1.54, 1.807) is 28.6 Å². The zero-order valence-corrected chi connectivity index (χ0v) is 11.4. The Hall–Kier alpha value is -0.620. The molecular weight excluding hydrogens is 272 g/mol. The number of nitrogens with one attached hydrogen (secondary N) is 1. The minimum Gasteiger partial charge on any atom is -0.315 e. The molecule has 2 aliphatic rings. The van der Waals surface area contributed by atoms with E-state index in [2.05, 4.69) is 5.32 Å². The molecule has 2 saturated heterocycles. The molecule has 0 aromatic heterocycles. The van der Waals surface area contributed by atoms with Gasteiger partial charge in [-0.25, -0.2) is 8.42 Å². The second-order valence-corrected chi connectivity index (χ2v) is 7.09. The van der Waals surface area contributed by atoms with Crippen molar-refractivity contribution in [1.29, 1.82) is 0 Å². The van der Waals surface area contributed by atoms with Gasteiger partial charge in [-0.3, -0.25) is 0 Å². The van der Waals surface area contributed by atoms with Crippen molar-refractivity contribution < 1.29 is 8.42 Å². The molecule has 1 N–H and O–H groups in total. The maximum absolute atomic E-state index is 12.6. The number of rotatable bonds is 2. The van der Waals surface area contributed by atoms with Crippen LogP contribution in [0, 0.1) is 5.92 Å². The number of sulfonamides is 1. The first-order valence-electron chi connectivity index (χ1n) is 6.08. The molecule has 4 nitrogen and oxygen atoms in total. The SMILES string of the molecule is O=S(=O)(c1ccccc1Cl)N1CC[C@@H]2CNC[C@@H]21. The number of hydrogen-bond acceptors (Lipinski definition) is 3. The van der Waals surface area contributed by atoms with Gasteiger partial charge in [0.25, 0.3) is 0 Å². The number of benzene rings is 1. The quantitative estimate of drug-likeness (QED) is 0.892. The van der Waals surface area contributed by atoms with Crippen molar-refractivity contribution in [2.45, 2.75) is 17.4 Å². The van der Waals surface area contributed by atoms with Gasteiger partial charge in [-0.2, -0.15) is 4.31 Å². The minimum atomic E-state index is -3.46. The zero-order chi connectivity index (χ0) is 12.8. The van der Waals surface area contributed by atoms with Crippen LogP contribution in [0.15, 0.2) is 29.2 Å². The third-order valence-corrected chi connectivity index (χ3v) is 6.24. The maximum atomic E-state index is 12.6. The molecule has 18 heavy (non-hydrogen) atoms. The second kappa shape index (κ2) is 4.49. The molecule has 1 aromatic rings.